The van der Waals surface area contributed by atoms with Crippen LogP contribution in [0, 0.1) is 11.7 Å². The highest BCUT2D eigenvalue weighted by molar-refractivity contribution is 5.31. The first kappa shape index (κ1) is 11.4. The van der Waals surface area contributed by atoms with Crippen molar-refractivity contribution in [2.24, 2.45) is 5.92 Å². The molecule has 16 heavy (non-hydrogen) atoms. The SMILES string of the molecule is CNC(c1ccc(OC)c(F)c1)C1CNC1. The molecular weight excluding hydrogens is 207 g/mol. The second-order valence-electron chi connectivity index (χ2n) is 4.08. The van der Waals surface area contributed by atoms with Crippen LogP contribution in [0.3, 0.4) is 0 Å². The molecule has 1 atom stereocenters. The van der Waals surface area contributed by atoms with E-state index in [1.807, 2.05) is 13.1 Å². The molecule has 0 spiro atoms. The van der Waals surface area contributed by atoms with Crippen molar-refractivity contribution < 1.29 is 9.13 Å². The van der Waals surface area contributed by atoms with Crippen molar-refractivity contribution in [1.82, 2.24) is 10.6 Å². The molecule has 0 bridgehead atoms. The van der Waals surface area contributed by atoms with Gasteiger partial charge in [-0.05, 0) is 24.7 Å². The fourth-order valence-electron chi connectivity index (χ4n) is 2.10. The smallest absolute Gasteiger partial charge is 0.165 e. The minimum atomic E-state index is -0.299. The maximum absolute atomic E-state index is 13.6. The number of hydrogen-bond acceptors (Lipinski definition) is 3. The van der Waals surface area contributed by atoms with Gasteiger partial charge in [-0.3, -0.25) is 0 Å². The zero-order valence-corrected chi connectivity index (χ0v) is 9.59. The highest BCUT2D eigenvalue weighted by Gasteiger charge is 2.27. The zero-order valence-electron chi connectivity index (χ0n) is 9.59. The van der Waals surface area contributed by atoms with Gasteiger partial charge in [0.1, 0.15) is 0 Å². The lowest BCUT2D eigenvalue weighted by atomic mass is 9.88. The van der Waals surface area contributed by atoms with Crippen molar-refractivity contribution in [2.45, 2.75) is 6.04 Å². The lowest BCUT2D eigenvalue weighted by Gasteiger charge is -2.35. The van der Waals surface area contributed by atoms with Crippen LogP contribution in [0.15, 0.2) is 18.2 Å². The third kappa shape index (κ3) is 2.03. The van der Waals surface area contributed by atoms with Gasteiger partial charge >= 0.3 is 0 Å². The summed E-state index contributed by atoms with van der Waals surface area (Å²) in [5.74, 6) is 0.538. The fourth-order valence-corrected chi connectivity index (χ4v) is 2.10. The molecule has 3 nitrogen and oxygen atoms in total. The molecule has 0 radical (unpaired) electrons. The Morgan fingerprint density at radius 3 is 2.69 bits per heavy atom. The average Bonchev–Trinajstić information content (AvgIpc) is 2.23. The molecule has 1 heterocycles. The Kier molecular flexibility index (Phi) is 3.41. The summed E-state index contributed by atoms with van der Waals surface area (Å²) in [5.41, 5.74) is 0.979. The van der Waals surface area contributed by atoms with Crippen LogP contribution < -0.4 is 15.4 Å². The molecule has 4 heteroatoms. The van der Waals surface area contributed by atoms with Crippen LogP contribution in [0.5, 0.6) is 5.75 Å². The van der Waals surface area contributed by atoms with E-state index in [2.05, 4.69) is 10.6 Å². The number of halogens is 1. The number of rotatable bonds is 4. The molecular formula is C12H17FN2O. The molecule has 0 saturated carbocycles. The van der Waals surface area contributed by atoms with Gasteiger partial charge in [-0.15, -0.1) is 0 Å². The molecule has 1 aliphatic heterocycles. The zero-order chi connectivity index (χ0) is 11.5. The maximum Gasteiger partial charge on any atom is 0.165 e. The number of ether oxygens (including phenoxy) is 1. The Morgan fingerprint density at radius 1 is 1.50 bits per heavy atom. The van der Waals surface area contributed by atoms with Crippen LogP contribution in [0.4, 0.5) is 4.39 Å². The quantitative estimate of drug-likeness (QED) is 0.809. The summed E-state index contributed by atoms with van der Waals surface area (Å²) in [7, 11) is 3.38. The minimum absolute atomic E-state index is 0.210. The molecule has 2 N–H and O–H groups in total. The molecule has 0 aromatic heterocycles. The van der Waals surface area contributed by atoms with E-state index in [1.54, 1.807) is 12.1 Å². The molecule has 1 aliphatic rings. The van der Waals surface area contributed by atoms with Crippen molar-refractivity contribution in [3.8, 4) is 5.75 Å². The molecule has 1 saturated heterocycles. The van der Waals surface area contributed by atoms with E-state index < -0.39 is 0 Å². The minimum Gasteiger partial charge on any atom is -0.494 e. The van der Waals surface area contributed by atoms with E-state index >= 15 is 0 Å². The summed E-state index contributed by atoms with van der Waals surface area (Å²) in [6.45, 7) is 1.97. The summed E-state index contributed by atoms with van der Waals surface area (Å²) in [5, 5.41) is 6.46. The third-order valence-electron chi connectivity index (χ3n) is 3.13. The van der Waals surface area contributed by atoms with E-state index in [-0.39, 0.29) is 11.9 Å². The molecule has 1 fully saturated rings. The Hall–Kier alpha value is -1.13. The van der Waals surface area contributed by atoms with Crippen molar-refractivity contribution in [2.75, 3.05) is 27.2 Å². The van der Waals surface area contributed by atoms with Gasteiger partial charge in [0.25, 0.3) is 0 Å². The molecule has 2 rings (SSSR count). The monoisotopic (exact) mass is 224 g/mol. The van der Waals surface area contributed by atoms with E-state index in [0.717, 1.165) is 18.7 Å². The molecule has 0 amide bonds. The van der Waals surface area contributed by atoms with E-state index in [4.69, 9.17) is 4.74 Å². The van der Waals surface area contributed by atoms with Gasteiger partial charge in [-0.1, -0.05) is 6.07 Å². The lowest BCUT2D eigenvalue weighted by molar-refractivity contribution is 0.267. The van der Waals surface area contributed by atoms with Gasteiger partial charge in [0.05, 0.1) is 7.11 Å². The Balaban J connectivity index is 2.21. The predicted molar refractivity (Wildman–Crippen MR) is 61.1 cm³/mol. The first-order valence-corrected chi connectivity index (χ1v) is 5.47. The van der Waals surface area contributed by atoms with Crippen LogP contribution in [-0.2, 0) is 0 Å². The largest absolute Gasteiger partial charge is 0.494 e. The van der Waals surface area contributed by atoms with Gasteiger partial charge in [0.2, 0.25) is 0 Å². The van der Waals surface area contributed by atoms with E-state index in [9.17, 15) is 4.39 Å². The second-order valence-corrected chi connectivity index (χ2v) is 4.08. The van der Waals surface area contributed by atoms with Gasteiger partial charge in [-0.25, -0.2) is 4.39 Å². The summed E-state index contributed by atoms with van der Waals surface area (Å²) in [4.78, 5) is 0. The van der Waals surface area contributed by atoms with Gasteiger partial charge in [0.15, 0.2) is 11.6 Å². The van der Waals surface area contributed by atoms with E-state index in [0.29, 0.717) is 11.7 Å². The van der Waals surface area contributed by atoms with Crippen LogP contribution in [0.25, 0.3) is 0 Å². The summed E-state index contributed by atoms with van der Waals surface area (Å²) >= 11 is 0. The topological polar surface area (TPSA) is 33.3 Å². The number of hydrogen-bond donors (Lipinski definition) is 2. The summed E-state index contributed by atoms with van der Waals surface area (Å²) < 4.78 is 18.5. The van der Waals surface area contributed by atoms with Crippen molar-refractivity contribution in [1.29, 1.82) is 0 Å². The lowest BCUT2D eigenvalue weighted by Crippen LogP contribution is -2.48. The van der Waals surface area contributed by atoms with Crippen molar-refractivity contribution in [3.05, 3.63) is 29.6 Å². The standard InChI is InChI=1S/C12H17FN2O/c1-14-12(9-6-15-7-9)8-3-4-11(16-2)10(13)5-8/h3-5,9,12,14-15H,6-7H2,1-2H3. The fraction of sp³-hybridized carbons (Fsp3) is 0.500. The predicted octanol–water partition coefficient (Wildman–Crippen LogP) is 1.31. The van der Waals surface area contributed by atoms with Crippen LogP contribution in [0.2, 0.25) is 0 Å². The molecule has 1 aromatic rings. The highest BCUT2D eigenvalue weighted by Crippen LogP contribution is 2.28. The van der Waals surface area contributed by atoms with Crippen molar-refractivity contribution >= 4 is 0 Å². The maximum atomic E-state index is 13.6. The van der Waals surface area contributed by atoms with Gasteiger partial charge in [0, 0.05) is 25.0 Å². The first-order chi connectivity index (χ1) is 7.76. The van der Waals surface area contributed by atoms with Gasteiger partial charge < -0.3 is 15.4 Å². The van der Waals surface area contributed by atoms with Crippen LogP contribution in [-0.4, -0.2) is 27.2 Å². The van der Waals surface area contributed by atoms with Crippen LogP contribution >= 0.6 is 0 Å². The molecule has 1 unspecified atom stereocenters. The highest BCUT2D eigenvalue weighted by atomic mass is 19.1. The van der Waals surface area contributed by atoms with Gasteiger partial charge in [-0.2, -0.15) is 0 Å². The molecule has 1 aromatic carbocycles. The second kappa shape index (κ2) is 4.80. The summed E-state index contributed by atoms with van der Waals surface area (Å²) in [6, 6.07) is 5.36. The Labute approximate surface area is 95.0 Å². The normalized spacial score (nSPS) is 17.9. The number of benzene rings is 1. The first-order valence-electron chi connectivity index (χ1n) is 5.47. The molecule has 0 aliphatic carbocycles. The number of methoxy groups -OCH3 is 1. The third-order valence-corrected chi connectivity index (χ3v) is 3.13. The average molecular weight is 224 g/mol. The Morgan fingerprint density at radius 2 is 2.25 bits per heavy atom. The molecule has 88 valence electrons. The summed E-state index contributed by atoms with van der Waals surface area (Å²) in [6.07, 6.45) is 0. The number of nitrogens with one attached hydrogen (secondary N) is 2. The Bertz CT molecular complexity index is 366. The van der Waals surface area contributed by atoms with Crippen LogP contribution in [0.1, 0.15) is 11.6 Å². The van der Waals surface area contributed by atoms with Crippen molar-refractivity contribution in [3.63, 3.8) is 0 Å². The van der Waals surface area contributed by atoms with E-state index in [1.165, 1.54) is 7.11 Å².